The third-order valence-corrected chi connectivity index (χ3v) is 7.19. The second kappa shape index (κ2) is 7.44. The van der Waals surface area contributed by atoms with E-state index >= 15 is 0 Å². The number of thiophene rings is 1. The Labute approximate surface area is 178 Å². The predicted octanol–water partition coefficient (Wildman–Crippen LogP) is 6.62. The Morgan fingerprint density at radius 2 is 1.80 bits per heavy atom. The van der Waals surface area contributed by atoms with Gasteiger partial charge in [0.1, 0.15) is 29.1 Å². The molecular formula is C25H18N2O2S. The number of nitrogens with zero attached hydrogens (tertiary/aromatic N) is 2. The zero-order valence-electron chi connectivity index (χ0n) is 16.3. The van der Waals surface area contributed by atoms with E-state index in [4.69, 9.17) is 4.42 Å². The van der Waals surface area contributed by atoms with Crippen LogP contribution in [0.4, 0.5) is 0 Å². The Hall–Kier alpha value is -3.41. The highest BCUT2D eigenvalue weighted by Crippen LogP contribution is 2.42. The summed E-state index contributed by atoms with van der Waals surface area (Å²) in [7, 11) is 0. The maximum absolute atomic E-state index is 13.0. The lowest BCUT2D eigenvalue weighted by molar-refractivity contribution is 0.104. The lowest BCUT2D eigenvalue weighted by atomic mass is 9.88. The van der Waals surface area contributed by atoms with Crippen LogP contribution >= 0.6 is 11.3 Å². The smallest absolute Gasteiger partial charge is 0.194 e. The monoisotopic (exact) mass is 410 g/mol. The summed E-state index contributed by atoms with van der Waals surface area (Å²) in [5, 5.41) is 18.9. The summed E-state index contributed by atoms with van der Waals surface area (Å²) in [4.78, 5) is 14.4. The van der Waals surface area contributed by atoms with Crippen molar-refractivity contribution >= 4 is 39.1 Å². The molecule has 0 aliphatic heterocycles. The van der Waals surface area contributed by atoms with Crippen molar-refractivity contribution in [3.8, 4) is 12.1 Å². The molecule has 0 N–H and O–H groups in total. The second-order valence-electron chi connectivity index (χ2n) is 7.77. The molecule has 3 aromatic rings. The summed E-state index contributed by atoms with van der Waals surface area (Å²) in [6, 6.07) is 15.0. The first-order valence-electron chi connectivity index (χ1n) is 10.1. The van der Waals surface area contributed by atoms with Crippen molar-refractivity contribution in [1.29, 1.82) is 10.5 Å². The molecule has 0 atom stereocenters. The normalized spacial score (nSPS) is 17.9. The molecule has 0 spiro atoms. The summed E-state index contributed by atoms with van der Waals surface area (Å²) in [5.41, 5.74) is 2.63. The van der Waals surface area contributed by atoms with Crippen molar-refractivity contribution in [2.75, 3.05) is 0 Å². The van der Waals surface area contributed by atoms with Gasteiger partial charge in [-0.2, -0.15) is 10.5 Å². The fourth-order valence-electron chi connectivity index (χ4n) is 4.52. The van der Waals surface area contributed by atoms with Crippen molar-refractivity contribution in [1.82, 2.24) is 0 Å². The van der Waals surface area contributed by atoms with E-state index in [9.17, 15) is 15.3 Å². The molecule has 2 heterocycles. The average molecular weight is 410 g/mol. The van der Waals surface area contributed by atoms with Gasteiger partial charge in [0.25, 0.3) is 0 Å². The van der Waals surface area contributed by atoms with Gasteiger partial charge in [0.05, 0.1) is 4.70 Å². The molecule has 5 rings (SSSR count). The van der Waals surface area contributed by atoms with Gasteiger partial charge in [0.2, 0.25) is 0 Å². The van der Waals surface area contributed by atoms with Gasteiger partial charge in [-0.15, -0.1) is 11.3 Å². The Bertz CT molecular complexity index is 1270. The topological polar surface area (TPSA) is 77.8 Å². The summed E-state index contributed by atoms with van der Waals surface area (Å²) in [6.45, 7) is 0. The fourth-order valence-corrected chi connectivity index (χ4v) is 5.72. The van der Waals surface area contributed by atoms with Gasteiger partial charge in [-0.3, -0.25) is 4.79 Å². The minimum atomic E-state index is -0.189. The molecule has 0 saturated heterocycles. The number of ketones is 1. The molecule has 1 saturated carbocycles. The zero-order chi connectivity index (χ0) is 20.7. The quantitative estimate of drug-likeness (QED) is 0.351. The van der Waals surface area contributed by atoms with E-state index in [1.165, 1.54) is 37.0 Å². The number of allylic oxidation sites excluding steroid dienone is 3. The Morgan fingerprint density at radius 1 is 1.07 bits per heavy atom. The number of Topliss-reactive ketones (excluding diaryl/α,β-unsaturated/α-hetero) is 1. The summed E-state index contributed by atoms with van der Waals surface area (Å²) >= 11 is 1.76. The van der Waals surface area contributed by atoms with Crippen molar-refractivity contribution in [2.45, 2.75) is 38.0 Å². The van der Waals surface area contributed by atoms with E-state index in [1.807, 2.05) is 18.2 Å². The summed E-state index contributed by atoms with van der Waals surface area (Å²) in [5.74, 6) is 1.00. The molecule has 0 radical (unpaired) electrons. The van der Waals surface area contributed by atoms with Crippen LogP contribution in [0.5, 0.6) is 0 Å². The molecule has 2 aliphatic rings. The SMILES string of the molecule is N#CC(C#N)=C1/C(=C/c2cc3sc(C4CCCCC4)cc3o2)C(=O)c2ccccc21. The molecule has 0 bridgehead atoms. The maximum atomic E-state index is 13.0. The van der Waals surface area contributed by atoms with Crippen molar-refractivity contribution in [3.63, 3.8) is 0 Å². The predicted molar refractivity (Wildman–Crippen MR) is 117 cm³/mol. The van der Waals surface area contributed by atoms with Crippen LogP contribution in [0, 0.1) is 22.7 Å². The Morgan fingerprint density at radius 3 is 2.50 bits per heavy atom. The highest BCUT2D eigenvalue weighted by Gasteiger charge is 2.32. The number of fused-ring (bicyclic) bond motifs is 2. The molecule has 2 aromatic heterocycles. The molecule has 146 valence electrons. The van der Waals surface area contributed by atoms with Gasteiger partial charge < -0.3 is 4.42 Å². The van der Waals surface area contributed by atoms with Crippen LogP contribution in [0.25, 0.3) is 21.9 Å². The Balaban J connectivity index is 1.56. The van der Waals surface area contributed by atoms with E-state index < -0.39 is 0 Å². The van der Waals surface area contributed by atoms with E-state index in [1.54, 1.807) is 41.7 Å². The van der Waals surface area contributed by atoms with Crippen LogP contribution in [-0.2, 0) is 0 Å². The van der Waals surface area contributed by atoms with E-state index in [0.717, 1.165) is 10.3 Å². The van der Waals surface area contributed by atoms with Crippen LogP contribution in [0.15, 0.2) is 52.0 Å². The first-order valence-corrected chi connectivity index (χ1v) is 10.9. The van der Waals surface area contributed by atoms with Gasteiger partial charge in [-0.25, -0.2) is 0 Å². The van der Waals surface area contributed by atoms with Gasteiger partial charge >= 0.3 is 0 Å². The molecule has 2 aliphatic carbocycles. The largest absolute Gasteiger partial charge is 0.456 e. The number of benzene rings is 1. The van der Waals surface area contributed by atoms with E-state index in [0.29, 0.717) is 34.0 Å². The fraction of sp³-hybridized carbons (Fsp3) is 0.240. The van der Waals surface area contributed by atoms with Gasteiger partial charge in [0, 0.05) is 27.7 Å². The number of nitriles is 2. The minimum Gasteiger partial charge on any atom is -0.456 e. The molecule has 30 heavy (non-hydrogen) atoms. The van der Waals surface area contributed by atoms with E-state index in [2.05, 4.69) is 6.07 Å². The van der Waals surface area contributed by atoms with Crippen LogP contribution in [0.3, 0.4) is 0 Å². The van der Waals surface area contributed by atoms with E-state index in [-0.39, 0.29) is 11.4 Å². The van der Waals surface area contributed by atoms with Crippen LogP contribution in [0.1, 0.15) is 64.6 Å². The first-order chi connectivity index (χ1) is 14.7. The molecule has 0 amide bonds. The highest BCUT2D eigenvalue weighted by molar-refractivity contribution is 7.19. The molecule has 4 nitrogen and oxygen atoms in total. The average Bonchev–Trinajstić information content (AvgIpc) is 3.42. The summed E-state index contributed by atoms with van der Waals surface area (Å²) in [6.07, 6.45) is 8.06. The number of carbonyl (C=O) groups excluding carboxylic acids is 1. The first kappa shape index (κ1) is 18.6. The number of rotatable bonds is 2. The van der Waals surface area contributed by atoms with Gasteiger partial charge in [0.15, 0.2) is 5.78 Å². The van der Waals surface area contributed by atoms with Crippen LogP contribution in [-0.4, -0.2) is 5.78 Å². The molecule has 5 heteroatoms. The lowest BCUT2D eigenvalue weighted by Gasteiger charge is -2.19. The van der Waals surface area contributed by atoms with Crippen molar-refractivity contribution in [2.24, 2.45) is 0 Å². The molecule has 0 unspecified atom stereocenters. The standard InChI is InChI=1S/C25H18N2O2S/c26-13-16(14-27)24-18-8-4-5-9-19(18)25(28)20(24)10-17-11-23-21(29-17)12-22(30-23)15-6-2-1-3-7-15/h4-5,8-12,15H,1-3,6-7H2/b20-10-. The van der Waals surface area contributed by atoms with Crippen molar-refractivity contribution in [3.05, 3.63) is 69.3 Å². The minimum absolute atomic E-state index is 0.0625. The third kappa shape index (κ3) is 3.00. The maximum Gasteiger partial charge on any atom is 0.194 e. The molecule has 1 fully saturated rings. The second-order valence-corrected chi connectivity index (χ2v) is 8.88. The number of furan rings is 1. The third-order valence-electron chi connectivity index (χ3n) is 5.97. The lowest BCUT2D eigenvalue weighted by Crippen LogP contribution is -2.02. The van der Waals surface area contributed by atoms with Crippen LogP contribution < -0.4 is 0 Å². The number of carbonyl (C=O) groups is 1. The van der Waals surface area contributed by atoms with Crippen LogP contribution in [0.2, 0.25) is 0 Å². The summed E-state index contributed by atoms with van der Waals surface area (Å²) < 4.78 is 7.10. The number of hydrogen-bond donors (Lipinski definition) is 0. The van der Waals surface area contributed by atoms with Crippen molar-refractivity contribution < 1.29 is 9.21 Å². The van der Waals surface area contributed by atoms with Gasteiger partial charge in [-0.05, 0) is 36.5 Å². The Kier molecular flexibility index (Phi) is 4.62. The zero-order valence-corrected chi connectivity index (χ0v) is 17.1. The highest BCUT2D eigenvalue weighted by atomic mass is 32.1. The molecular weight excluding hydrogens is 392 g/mol. The van der Waals surface area contributed by atoms with Gasteiger partial charge in [-0.1, -0.05) is 43.5 Å². The number of hydrogen-bond acceptors (Lipinski definition) is 5. The molecule has 1 aromatic carbocycles.